The summed E-state index contributed by atoms with van der Waals surface area (Å²) in [6.45, 7) is 0.227. The Kier molecular flexibility index (Phi) is 7.71. The predicted octanol–water partition coefficient (Wildman–Crippen LogP) is 5.53. The minimum absolute atomic E-state index is 0.159. The Bertz CT molecular complexity index is 1730. The Morgan fingerprint density at radius 3 is 2.41 bits per heavy atom. The molecule has 0 unspecified atom stereocenters. The third-order valence-corrected chi connectivity index (χ3v) is 6.74. The van der Waals surface area contributed by atoms with Gasteiger partial charge in [0, 0.05) is 0 Å². The standard InChI is InChI=1S/C31H23ClN2O7/c1-39-26-16-18(15-25(32)27(26)41-17-21-8-5-7-19-6-3-4-9-23(19)21)14-24-28(35)33-31(38)34(29(24)36)22-12-10-20(11-13-22)30(37)40-2/h3-16H,17H2,1-2H3,(H,33,35,38)/b24-14+. The van der Waals surface area contributed by atoms with Crippen molar-refractivity contribution < 1.29 is 33.4 Å². The predicted molar refractivity (Wildman–Crippen MR) is 153 cm³/mol. The quantitative estimate of drug-likeness (QED) is 0.176. The number of imide groups is 2. The molecule has 1 heterocycles. The lowest BCUT2D eigenvalue weighted by molar-refractivity contribution is -0.122. The van der Waals surface area contributed by atoms with Crippen molar-refractivity contribution in [3.63, 3.8) is 0 Å². The Hall–Kier alpha value is -5.15. The van der Waals surface area contributed by atoms with Gasteiger partial charge in [-0.1, -0.05) is 54.1 Å². The number of hydrogen-bond donors (Lipinski definition) is 1. The number of benzene rings is 4. The fraction of sp³-hybridized carbons (Fsp3) is 0.0968. The van der Waals surface area contributed by atoms with E-state index in [0.29, 0.717) is 17.1 Å². The number of nitrogens with zero attached hydrogens (tertiary/aromatic N) is 1. The third kappa shape index (κ3) is 5.48. The van der Waals surface area contributed by atoms with E-state index >= 15 is 0 Å². The van der Waals surface area contributed by atoms with Gasteiger partial charge in [-0.25, -0.2) is 14.5 Å². The molecule has 1 saturated heterocycles. The third-order valence-electron chi connectivity index (χ3n) is 6.46. The molecule has 1 aliphatic heterocycles. The van der Waals surface area contributed by atoms with Gasteiger partial charge in [-0.3, -0.25) is 14.9 Å². The van der Waals surface area contributed by atoms with Gasteiger partial charge in [-0.15, -0.1) is 0 Å². The Morgan fingerprint density at radius 1 is 0.951 bits per heavy atom. The number of halogens is 1. The van der Waals surface area contributed by atoms with E-state index in [-0.39, 0.29) is 28.5 Å². The maximum absolute atomic E-state index is 13.3. The van der Waals surface area contributed by atoms with Crippen molar-refractivity contribution in [1.29, 1.82) is 0 Å². The van der Waals surface area contributed by atoms with Crippen LogP contribution in [0.25, 0.3) is 16.8 Å². The molecule has 206 valence electrons. The van der Waals surface area contributed by atoms with Gasteiger partial charge in [0.05, 0.1) is 30.5 Å². The second kappa shape index (κ2) is 11.5. The topological polar surface area (TPSA) is 111 Å². The summed E-state index contributed by atoms with van der Waals surface area (Å²) in [5, 5.41) is 4.49. The van der Waals surface area contributed by atoms with Crippen LogP contribution in [0.5, 0.6) is 11.5 Å². The summed E-state index contributed by atoms with van der Waals surface area (Å²) in [4.78, 5) is 51.0. The maximum atomic E-state index is 13.3. The van der Waals surface area contributed by atoms with E-state index in [1.165, 1.54) is 50.6 Å². The summed E-state index contributed by atoms with van der Waals surface area (Å²) in [5.74, 6) is -1.70. The molecule has 0 aromatic heterocycles. The summed E-state index contributed by atoms with van der Waals surface area (Å²) in [7, 11) is 2.69. The first-order valence-electron chi connectivity index (χ1n) is 12.4. The number of nitrogens with one attached hydrogen (secondary N) is 1. The first-order valence-corrected chi connectivity index (χ1v) is 12.8. The van der Waals surface area contributed by atoms with E-state index in [1.54, 1.807) is 6.07 Å². The second-order valence-corrected chi connectivity index (χ2v) is 9.36. The van der Waals surface area contributed by atoms with E-state index in [2.05, 4.69) is 10.1 Å². The lowest BCUT2D eigenvalue weighted by atomic mass is 10.1. The van der Waals surface area contributed by atoms with Gasteiger partial charge < -0.3 is 14.2 Å². The molecule has 1 fully saturated rings. The SMILES string of the molecule is COC(=O)c1ccc(N2C(=O)NC(=O)/C(=C\c3cc(Cl)c(OCc4cccc5ccccc45)c(OC)c3)C2=O)cc1. The van der Waals surface area contributed by atoms with Crippen LogP contribution in [-0.4, -0.2) is 38.0 Å². The molecule has 41 heavy (non-hydrogen) atoms. The molecule has 10 heteroatoms. The van der Waals surface area contributed by atoms with Crippen molar-refractivity contribution in [3.8, 4) is 11.5 Å². The first-order chi connectivity index (χ1) is 19.8. The van der Waals surface area contributed by atoms with Crippen LogP contribution in [0.15, 0.2) is 84.4 Å². The molecular formula is C31H23ClN2O7. The number of fused-ring (bicyclic) bond motifs is 1. The summed E-state index contributed by atoms with van der Waals surface area (Å²) >= 11 is 6.57. The van der Waals surface area contributed by atoms with Crippen molar-refractivity contribution in [2.45, 2.75) is 6.61 Å². The van der Waals surface area contributed by atoms with E-state index < -0.39 is 23.8 Å². The molecule has 0 bridgehead atoms. The largest absolute Gasteiger partial charge is 0.493 e. The van der Waals surface area contributed by atoms with Gasteiger partial charge in [0.25, 0.3) is 11.8 Å². The average Bonchev–Trinajstić information content (AvgIpc) is 2.98. The molecular weight excluding hydrogens is 548 g/mol. The number of barbiturate groups is 1. The van der Waals surface area contributed by atoms with Crippen LogP contribution in [0.4, 0.5) is 10.5 Å². The molecule has 0 spiro atoms. The van der Waals surface area contributed by atoms with Gasteiger partial charge in [0.15, 0.2) is 11.5 Å². The van der Waals surface area contributed by atoms with E-state index in [1.807, 2.05) is 42.5 Å². The number of carbonyl (C=O) groups excluding carboxylic acids is 4. The van der Waals surface area contributed by atoms with Crippen molar-refractivity contribution >= 4 is 58.0 Å². The molecule has 0 aliphatic carbocycles. The van der Waals surface area contributed by atoms with Crippen LogP contribution in [-0.2, 0) is 20.9 Å². The van der Waals surface area contributed by atoms with Gasteiger partial charge in [-0.2, -0.15) is 0 Å². The van der Waals surface area contributed by atoms with Crippen molar-refractivity contribution in [1.82, 2.24) is 5.32 Å². The number of anilines is 1. The van der Waals surface area contributed by atoms with E-state index in [0.717, 1.165) is 21.2 Å². The number of esters is 1. The molecule has 1 N–H and O–H groups in total. The van der Waals surface area contributed by atoms with Crippen molar-refractivity contribution in [2.75, 3.05) is 19.1 Å². The Morgan fingerprint density at radius 2 is 1.68 bits per heavy atom. The fourth-order valence-electron chi connectivity index (χ4n) is 4.45. The number of amides is 4. The highest BCUT2D eigenvalue weighted by atomic mass is 35.5. The van der Waals surface area contributed by atoms with Crippen LogP contribution in [0.2, 0.25) is 5.02 Å². The Balaban J connectivity index is 1.42. The molecule has 4 amide bonds. The minimum Gasteiger partial charge on any atom is -0.493 e. The molecule has 9 nitrogen and oxygen atoms in total. The normalized spacial score (nSPS) is 14.3. The fourth-order valence-corrected chi connectivity index (χ4v) is 4.73. The number of methoxy groups -OCH3 is 2. The number of rotatable bonds is 7. The van der Waals surface area contributed by atoms with Gasteiger partial charge in [0.2, 0.25) is 0 Å². The zero-order valence-corrected chi connectivity index (χ0v) is 22.7. The summed E-state index contributed by atoms with van der Waals surface area (Å²) in [6.07, 6.45) is 1.31. The average molecular weight is 571 g/mol. The summed E-state index contributed by atoms with van der Waals surface area (Å²) in [6, 6.07) is 21.7. The van der Waals surface area contributed by atoms with Crippen LogP contribution in [0.1, 0.15) is 21.5 Å². The van der Waals surface area contributed by atoms with E-state index in [4.69, 9.17) is 21.1 Å². The molecule has 5 rings (SSSR count). The molecule has 4 aromatic rings. The highest BCUT2D eigenvalue weighted by molar-refractivity contribution is 6.39. The first kappa shape index (κ1) is 27.4. The zero-order valence-electron chi connectivity index (χ0n) is 22.0. The molecule has 0 radical (unpaired) electrons. The van der Waals surface area contributed by atoms with Crippen LogP contribution >= 0.6 is 11.6 Å². The van der Waals surface area contributed by atoms with Crippen LogP contribution in [0, 0.1) is 0 Å². The molecule has 1 aliphatic rings. The molecule has 4 aromatic carbocycles. The number of carbonyl (C=O) groups is 4. The van der Waals surface area contributed by atoms with Crippen molar-refractivity contribution in [3.05, 3.63) is 106 Å². The van der Waals surface area contributed by atoms with Crippen molar-refractivity contribution in [2.24, 2.45) is 0 Å². The maximum Gasteiger partial charge on any atom is 0.337 e. The van der Waals surface area contributed by atoms with Gasteiger partial charge in [0.1, 0.15) is 12.2 Å². The number of urea groups is 1. The highest BCUT2D eigenvalue weighted by Gasteiger charge is 2.37. The summed E-state index contributed by atoms with van der Waals surface area (Å²) in [5.41, 5.74) is 1.42. The van der Waals surface area contributed by atoms with Crippen LogP contribution < -0.4 is 19.7 Å². The Labute approximate surface area is 239 Å². The molecule has 0 saturated carbocycles. The second-order valence-electron chi connectivity index (χ2n) is 8.96. The number of hydrogen-bond acceptors (Lipinski definition) is 7. The monoisotopic (exact) mass is 570 g/mol. The highest BCUT2D eigenvalue weighted by Crippen LogP contribution is 2.38. The number of ether oxygens (including phenoxy) is 3. The minimum atomic E-state index is -0.921. The summed E-state index contributed by atoms with van der Waals surface area (Å²) < 4.78 is 16.2. The van der Waals surface area contributed by atoms with E-state index in [9.17, 15) is 19.2 Å². The zero-order chi connectivity index (χ0) is 29.1. The lowest BCUT2D eigenvalue weighted by Gasteiger charge is -2.26. The smallest absolute Gasteiger partial charge is 0.337 e. The molecule has 0 atom stereocenters. The van der Waals surface area contributed by atoms with Crippen LogP contribution in [0.3, 0.4) is 0 Å². The lowest BCUT2D eigenvalue weighted by Crippen LogP contribution is -2.54. The van der Waals surface area contributed by atoms with Gasteiger partial charge in [-0.05, 0) is 64.4 Å². The van der Waals surface area contributed by atoms with Gasteiger partial charge >= 0.3 is 12.0 Å².